The summed E-state index contributed by atoms with van der Waals surface area (Å²) in [5.41, 5.74) is 3.37. The number of hydrogen-bond donors (Lipinski definition) is 0. The molecule has 0 radical (unpaired) electrons. The minimum Gasteiger partial charge on any atom is -0.294 e. The molecule has 1 saturated heterocycles. The van der Waals surface area contributed by atoms with Crippen molar-refractivity contribution in [1.82, 2.24) is 0 Å². The second-order valence-corrected chi connectivity index (χ2v) is 6.83. The van der Waals surface area contributed by atoms with Crippen molar-refractivity contribution in [1.29, 1.82) is 0 Å². The van der Waals surface area contributed by atoms with E-state index in [9.17, 15) is 13.6 Å². The molecule has 108 valence electrons. The maximum atomic E-state index is 13.6. The fraction of sp³-hybridized carbons (Fsp3) is 0.375. The molecule has 3 aliphatic rings. The Bertz CT molecular complexity index is 710. The van der Waals surface area contributed by atoms with Crippen molar-refractivity contribution in [2.75, 3.05) is 5.75 Å². The molecule has 2 aliphatic heterocycles. The Morgan fingerprint density at radius 3 is 2.81 bits per heavy atom. The van der Waals surface area contributed by atoms with E-state index in [2.05, 4.69) is 4.99 Å². The molecule has 0 saturated carbocycles. The smallest absolute Gasteiger partial charge is 0.161 e. The summed E-state index contributed by atoms with van der Waals surface area (Å²) in [5, 5.41) is 0.0932. The maximum Gasteiger partial charge on any atom is 0.161 e. The molecule has 2 heterocycles. The van der Waals surface area contributed by atoms with Gasteiger partial charge in [0, 0.05) is 29.3 Å². The predicted molar refractivity (Wildman–Crippen MR) is 78.7 cm³/mol. The first-order valence-electron chi connectivity index (χ1n) is 7.05. The Morgan fingerprint density at radius 1 is 1.14 bits per heavy atom. The maximum absolute atomic E-state index is 13.6. The average Bonchev–Trinajstić information content (AvgIpc) is 3.07. The number of hydrogen-bond acceptors (Lipinski definition) is 3. The third-order valence-corrected chi connectivity index (χ3v) is 5.72. The molecule has 1 fully saturated rings. The van der Waals surface area contributed by atoms with Gasteiger partial charge in [-0.1, -0.05) is 6.07 Å². The van der Waals surface area contributed by atoms with Crippen molar-refractivity contribution in [2.45, 2.75) is 30.4 Å². The summed E-state index contributed by atoms with van der Waals surface area (Å²) in [6, 6.07) is 3.98. The van der Waals surface area contributed by atoms with E-state index < -0.39 is 11.6 Å². The van der Waals surface area contributed by atoms with Crippen molar-refractivity contribution in [2.24, 2.45) is 4.99 Å². The van der Waals surface area contributed by atoms with Crippen LogP contribution in [0.3, 0.4) is 0 Å². The van der Waals surface area contributed by atoms with Crippen LogP contribution in [0.15, 0.2) is 34.5 Å². The Kier molecular flexibility index (Phi) is 2.99. The topological polar surface area (TPSA) is 29.4 Å². The van der Waals surface area contributed by atoms with Gasteiger partial charge in [0.15, 0.2) is 17.4 Å². The number of allylic oxidation sites excluding steroid dienone is 2. The summed E-state index contributed by atoms with van der Waals surface area (Å²) in [4.78, 5) is 16.9. The van der Waals surface area contributed by atoms with Crippen molar-refractivity contribution in [3.63, 3.8) is 0 Å². The Hall–Kier alpha value is -1.49. The van der Waals surface area contributed by atoms with Crippen LogP contribution in [-0.2, 0) is 4.79 Å². The van der Waals surface area contributed by atoms with Gasteiger partial charge >= 0.3 is 0 Å². The van der Waals surface area contributed by atoms with Gasteiger partial charge in [0.1, 0.15) is 0 Å². The number of ketones is 1. The van der Waals surface area contributed by atoms with Crippen LogP contribution in [0.2, 0.25) is 0 Å². The van der Waals surface area contributed by atoms with Gasteiger partial charge in [-0.3, -0.25) is 9.79 Å². The first kappa shape index (κ1) is 13.2. The molecule has 2 nitrogen and oxygen atoms in total. The highest BCUT2D eigenvalue weighted by molar-refractivity contribution is 8.01. The highest BCUT2D eigenvalue weighted by Gasteiger charge is 2.43. The summed E-state index contributed by atoms with van der Waals surface area (Å²) in [6.45, 7) is 0. The summed E-state index contributed by atoms with van der Waals surface area (Å²) in [7, 11) is 0. The summed E-state index contributed by atoms with van der Waals surface area (Å²) < 4.78 is 26.8. The molecule has 0 aromatic heterocycles. The van der Waals surface area contributed by atoms with E-state index in [1.165, 1.54) is 6.07 Å². The predicted octanol–water partition coefficient (Wildman–Crippen LogP) is 3.63. The van der Waals surface area contributed by atoms with Gasteiger partial charge in [0.25, 0.3) is 0 Å². The number of Topliss-reactive ketones (excluding diaryl/α,β-unsaturated/α-hetero) is 1. The minimum absolute atomic E-state index is 0.0932. The molecule has 1 aliphatic carbocycles. The molecule has 0 spiro atoms. The van der Waals surface area contributed by atoms with Crippen LogP contribution in [0.25, 0.3) is 0 Å². The van der Waals surface area contributed by atoms with Gasteiger partial charge in [-0.15, -0.1) is 0 Å². The van der Waals surface area contributed by atoms with Crippen LogP contribution in [0.5, 0.6) is 0 Å². The summed E-state index contributed by atoms with van der Waals surface area (Å²) in [5.74, 6) is -0.805. The molecule has 4 rings (SSSR count). The highest BCUT2D eigenvalue weighted by atomic mass is 32.2. The SMILES string of the molecule is O=C1CCC2=C1C(c1ccc(F)c(F)c1)C1SCCC1=N2. The van der Waals surface area contributed by atoms with Crippen LogP contribution in [0, 0.1) is 11.6 Å². The normalized spacial score (nSPS) is 27.7. The molecule has 0 amide bonds. The Labute approximate surface area is 125 Å². The van der Waals surface area contributed by atoms with E-state index >= 15 is 0 Å². The van der Waals surface area contributed by atoms with Gasteiger partial charge < -0.3 is 0 Å². The molecular weight excluding hydrogens is 292 g/mol. The van der Waals surface area contributed by atoms with Crippen LogP contribution in [0.4, 0.5) is 8.78 Å². The Balaban J connectivity index is 1.86. The largest absolute Gasteiger partial charge is 0.294 e. The molecule has 2 atom stereocenters. The number of carbonyl (C=O) groups excluding carboxylic acids is 1. The second-order valence-electron chi connectivity index (χ2n) is 5.58. The highest BCUT2D eigenvalue weighted by Crippen LogP contribution is 2.48. The van der Waals surface area contributed by atoms with Crippen molar-refractivity contribution < 1.29 is 13.6 Å². The van der Waals surface area contributed by atoms with E-state index in [4.69, 9.17) is 0 Å². The number of benzene rings is 1. The number of fused-ring (bicyclic) bond motifs is 1. The lowest BCUT2D eigenvalue weighted by Gasteiger charge is -2.28. The number of nitrogens with zero attached hydrogens (tertiary/aromatic N) is 1. The number of carbonyl (C=O) groups is 1. The standard InChI is InChI=1S/C16H13F2NOS/c17-9-2-1-8(7-10(9)18)14-15-11(3-4-13(15)20)19-12-5-6-21-16(12)14/h1-2,7,14,16H,3-6H2. The monoisotopic (exact) mass is 305 g/mol. The van der Waals surface area contributed by atoms with Crippen molar-refractivity contribution >= 4 is 23.3 Å². The van der Waals surface area contributed by atoms with Gasteiger partial charge in [-0.2, -0.15) is 11.8 Å². The molecule has 1 aromatic rings. The zero-order valence-electron chi connectivity index (χ0n) is 11.2. The molecule has 0 bridgehead atoms. The van der Waals surface area contributed by atoms with Crippen LogP contribution < -0.4 is 0 Å². The molecule has 0 N–H and O–H groups in total. The quantitative estimate of drug-likeness (QED) is 0.793. The van der Waals surface area contributed by atoms with Crippen LogP contribution in [0.1, 0.15) is 30.7 Å². The fourth-order valence-corrected chi connectivity index (χ4v) is 4.87. The number of halogens is 2. The third-order valence-electron chi connectivity index (χ3n) is 4.38. The third kappa shape index (κ3) is 1.98. The zero-order valence-corrected chi connectivity index (χ0v) is 12.1. The lowest BCUT2D eigenvalue weighted by atomic mass is 9.82. The number of thioether (sulfide) groups is 1. The lowest BCUT2D eigenvalue weighted by molar-refractivity contribution is -0.115. The molecule has 21 heavy (non-hydrogen) atoms. The lowest BCUT2D eigenvalue weighted by Crippen LogP contribution is -2.28. The minimum atomic E-state index is -0.854. The summed E-state index contributed by atoms with van der Waals surface area (Å²) >= 11 is 1.76. The van der Waals surface area contributed by atoms with Gasteiger partial charge in [0.05, 0.1) is 5.25 Å². The van der Waals surface area contributed by atoms with E-state index in [1.807, 2.05) is 0 Å². The van der Waals surface area contributed by atoms with E-state index in [-0.39, 0.29) is 17.0 Å². The average molecular weight is 305 g/mol. The van der Waals surface area contributed by atoms with E-state index in [1.54, 1.807) is 17.8 Å². The first-order valence-corrected chi connectivity index (χ1v) is 8.10. The van der Waals surface area contributed by atoms with Crippen molar-refractivity contribution in [3.8, 4) is 0 Å². The van der Waals surface area contributed by atoms with E-state index in [0.29, 0.717) is 18.4 Å². The van der Waals surface area contributed by atoms with Gasteiger partial charge in [0.2, 0.25) is 0 Å². The van der Waals surface area contributed by atoms with Crippen molar-refractivity contribution in [3.05, 3.63) is 46.7 Å². The zero-order chi connectivity index (χ0) is 14.6. The molecule has 1 aromatic carbocycles. The first-order chi connectivity index (χ1) is 10.1. The number of aliphatic imine (C=N–C) groups is 1. The van der Waals surface area contributed by atoms with E-state index in [0.717, 1.165) is 35.2 Å². The Morgan fingerprint density at radius 2 is 2.00 bits per heavy atom. The second kappa shape index (κ2) is 4.77. The number of rotatable bonds is 1. The van der Waals surface area contributed by atoms with Crippen LogP contribution >= 0.6 is 11.8 Å². The fourth-order valence-electron chi connectivity index (χ4n) is 3.44. The van der Waals surface area contributed by atoms with Gasteiger partial charge in [-0.05, 0) is 36.3 Å². The van der Waals surface area contributed by atoms with Gasteiger partial charge in [-0.25, -0.2) is 8.78 Å². The molecular formula is C16H13F2NOS. The van der Waals surface area contributed by atoms with Crippen LogP contribution in [-0.4, -0.2) is 22.5 Å². The molecule has 2 unspecified atom stereocenters. The molecule has 5 heteroatoms. The summed E-state index contributed by atoms with van der Waals surface area (Å²) in [6.07, 6.45) is 2.08.